The van der Waals surface area contributed by atoms with Gasteiger partial charge in [0.2, 0.25) is 0 Å². The maximum Gasteiger partial charge on any atom is 0.331 e. The second kappa shape index (κ2) is 9.14. The van der Waals surface area contributed by atoms with Crippen LogP contribution in [0.4, 0.5) is 0 Å². The van der Waals surface area contributed by atoms with Gasteiger partial charge in [0.25, 0.3) is 5.91 Å². The van der Waals surface area contributed by atoms with E-state index in [1.54, 1.807) is 24.8 Å². The zero-order valence-electron chi connectivity index (χ0n) is 14.3. The predicted molar refractivity (Wildman–Crippen MR) is 95.2 cm³/mol. The van der Waals surface area contributed by atoms with Crippen LogP contribution in [-0.4, -0.2) is 30.3 Å². The summed E-state index contributed by atoms with van der Waals surface area (Å²) in [5, 5.41) is 11.7. The fourth-order valence-corrected chi connectivity index (χ4v) is 2.10. The number of rotatable bonds is 7. The second-order valence-corrected chi connectivity index (χ2v) is 6.61. The van der Waals surface area contributed by atoms with Crippen molar-refractivity contribution in [2.75, 3.05) is 12.9 Å². The first kappa shape index (κ1) is 19.8. The first-order valence-electron chi connectivity index (χ1n) is 7.52. The fraction of sp³-hybridized carbons (Fsp3) is 0.389. The molecule has 0 aliphatic rings. The first-order valence-corrected chi connectivity index (χ1v) is 8.74. The van der Waals surface area contributed by atoms with Crippen molar-refractivity contribution in [2.24, 2.45) is 5.92 Å². The van der Waals surface area contributed by atoms with Crippen molar-refractivity contribution in [2.45, 2.75) is 31.2 Å². The standard InChI is InChI=1S/C18H22N2O3S/c1-13(2)18(3,12-19)20-16(21)11-23-17(22)10-7-14-5-8-15(24-4)9-6-14/h5-10,13H,11H2,1-4H3,(H,20,21)/b10-7+/t18-/m1/s1. The zero-order chi connectivity index (χ0) is 18.2. The highest BCUT2D eigenvalue weighted by Gasteiger charge is 2.30. The van der Waals surface area contributed by atoms with Crippen LogP contribution in [0.2, 0.25) is 0 Å². The van der Waals surface area contributed by atoms with Gasteiger partial charge in [0, 0.05) is 11.0 Å². The monoisotopic (exact) mass is 346 g/mol. The van der Waals surface area contributed by atoms with E-state index in [2.05, 4.69) is 11.4 Å². The van der Waals surface area contributed by atoms with Crippen molar-refractivity contribution in [3.8, 4) is 6.07 Å². The lowest BCUT2D eigenvalue weighted by Crippen LogP contribution is -2.50. The number of amides is 1. The van der Waals surface area contributed by atoms with Crippen LogP contribution in [0.3, 0.4) is 0 Å². The van der Waals surface area contributed by atoms with Crippen LogP contribution in [-0.2, 0) is 14.3 Å². The lowest BCUT2D eigenvalue weighted by Gasteiger charge is -2.27. The number of esters is 1. The molecule has 0 bridgehead atoms. The molecule has 1 aromatic carbocycles. The number of hydrogen-bond donors (Lipinski definition) is 1. The predicted octanol–water partition coefficient (Wildman–Crippen LogP) is 3.02. The average Bonchev–Trinajstić information content (AvgIpc) is 2.58. The van der Waals surface area contributed by atoms with Gasteiger partial charge in [-0.3, -0.25) is 4.79 Å². The molecule has 0 fully saturated rings. The summed E-state index contributed by atoms with van der Waals surface area (Å²) >= 11 is 1.64. The molecule has 0 aliphatic heterocycles. The van der Waals surface area contributed by atoms with Gasteiger partial charge >= 0.3 is 5.97 Å². The normalized spacial score (nSPS) is 13.3. The molecule has 1 amide bonds. The molecule has 0 heterocycles. The lowest BCUT2D eigenvalue weighted by atomic mass is 9.90. The number of benzene rings is 1. The Morgan fingerprint density at radius 2 is 2.00 bits per heavy atom. The smallest absolute Gasteiger partial charge is 0.331 e. The molecule has 5 nitrogen and oxygen atoms in total. The van der Waals surface area contributed by atoms with Crippen LogP contribution in [0.25, 0.3) is 6.08 Å². The van der Waals surface area contributed by atoms with E-state index in [9.17, 15) is 9.59 Å². The summed E-state index contributed by atoms with van der Waals surface area (Å²) in [6.45, 7) is 4.88. The van der Waals surface area contributed by atoms with Crippen molar-refractivity contribution in [3.05, 3.63) is 35.9 Å². The molecule has 6 heteroatoms. The average molecular weight is 346 g/mol. The summed E-state index contributed by atoms with van der Waals surface area (Å²) in [7, 11) is 0. The summed E-state index contributed by atoms with van der Waals surface area (Å²) in [5.74, 6) is -1.17. The quantitative estimate of drug-likeness (QED) is 0.466. The number of carbonyl (C=O) groups is 2. The molecule has 24 heavy (non-hydrogen) atoms. The number of hydrogen-bond acceptors (Lipinski definition) is 5. The van der Waals surface area contributed by atoms with E-state index in [4.69, 9.17) is 10.00 Å². The molecule has 1 atom stereocenters. The highest BCUT2D eigenvalue weighted by molar-refractivity contribution is 7.98. The van der Waals surface area contributed by atoms with Crippen molar-refractivity contribution < 1.29 is 14.3 Å². The molecule has 0 aliphatic carbocycles. The Morgan fingerprint density at radius 1 is 1.38 bits per heavy atom. The van der Waals surface area contributed by atoms with Crippen LogP contribution >= 0.6 is 11.8 Å². The van der Waals surface area contributed by atoms with Crippen LogP contribution in [0.5, 0.6) is 0 Å². The Hall–Kier alpha value is -2.26. The molecule has 128 valence electrons. The van der Waals surface area contributed by atoms with Crippen molar-refractivity contribution in [1.29, 1.82) is 5.26 Å². The molecule has 1 aromatic rings. The molecule has 0 saturated carbocycles. The Kier molecular flexibility index (Phi) is 7.53. The van der Waals surface area contributed by atoms with E-state index in [1.807, 2.05) is 44.4 Å². The molecule has 1 N–H and O–H groups in total. The highest BCUT2D eigenvalue weighted by Crippen LogP contribution is 2.16. The Bertz CT molecular complexity index is 647. The minimum Gasteiger partial charge on any atom is -0.452 e. The summed E-state index contributed by atoms with van der Waals surface area (Å²) < 4.78 is 4.89. The second-order valence-electron chi connectivity index (χ2n) is 5.73. The molecule has 0 radical (unpaired) electrons. The van der Waals surface area contributed by atoms with Gasteiger partial charge in [-0.2, -0.15) is 5.26 Å². The third-order valence-electron chi connectivity index (χ3n) is 3.66. The fourth-order valence-electron chi connectivity index (χ4n) is 1.69. The van der Waals surface area contributed by atoms with E-state index in [1.165, 1.54) is 6.08 Å². The summed E-state index contributed by atoms with van der Waals surface area (Å²) in [4.78, 5) is 24.6. The molecule has 0 spiro atoms. The number of nitriles is 1. The number of ether oxygens (including phenoxy) is 1. The SMILES string of the molecule is CSc1ccc(/C=C/C(=O)OCC(=O)N[C@](C)(C#N)C(C)C)cc1. The van der Waals surface area contributed by atoms with Gasteiger partial charge in [-0.15, -0.1) is 11.8 Å². The maximum atomic E-state index is 11.8. The maximum absolute atomic E-state index is 11.8. The number of thioether (sulfide) groups is 1. The largest absolute Gasteiger partial charge is 0.452 e. The molecular formula is C18H22N2O3S. The number of carbonyl (C=O) groups excluding carboxylic acids is 2. The van der Waals surface area contributed by atoms with Crippen LogP contribution in [0.15, 0.2) is 35.2 Å². The van der Waals surface area contributed by atoms with Crippen LogP contribution in [0.1, 0.15) is 26.3 Å². The van der Waals surface area contributed by atoms with Gasteiger partial charge in [-0.05, 0) is 42.9 Å². The minimum absolute atomic E-state index is 0.0636. The third-order valence-corrected chi connectivity index (χ3v) is 4.40. The number of nitrogens with zero attached hydrogens (tertiary/aromatic N) is 1. The van der Waals surface area contributed by atoms with Crippen molar-refractivity contribution in [3.63, 3.8) is 0 Å². The van der Waals surface area contributed by atoms with E-state index >= 15 is 0 Å². The van der Waals surface area contributed by atoms with Gasteiger partial charge in [0.05, 0.1) is 6.07 Å². The van der Waals surface area contributed by atoms with Gasteiger partial charge in [0.15, 0.2) is 6.61 Å². The summed E-state index contributed by atoms with van der Waals surface area (Å²) in [6, 6.07) is 9.76. The van der Waals surface area contributed by atoms with Gasteiger partial charge in [-0.1, -0.05) is 26.0 Å². The van der Waals surface area contributed by atoms with Gasteiger partial charge in [0.1, 0.15) is 5.54 Å². The topological polar surface area (TPSA) is 79.2 Å². The van der Waals surface area contributed by atoms with Crippen molar-refractivity contribution >= 4 is 29.7 Å². The lowest BCUT2D eigenvalue weighted by molar-refractivity contribution is -0.144. The van der Waals surface area contributed by atoms with E-state index in [-0.39, 0.29) is 5.92 Å². The van der Waals surface area contributed by atoms with Crippen molar-refractivity contribution in [1.82, 2.24) is 5.32 Å². The van der Waals surface area contributed by atoms with Crippen LogP contribution in [0, 0.1) is 17.2 Å². The van der Waals surface area contributed by atoms with E-state index in [0.29, 0.717) is 0 Å². The summed E-state index contributed by atoms with van der Waals surface area (Å²) in [5.41, 5.74) is -0.121. The highest BCUT2D eigenvalue weighted by atomic mass is 32.2. The van der Waals surface area contributed by atoms with Gasteiger partial charge in [-0.25, -0.2) is 4.79 Å². The van der Waals surface area contributed by atoms with E-state index in [0.717, 1.165) is 10.5 Å². The molecule has 1 rings (SSSR count). The Morgan fingerprint density at radius 3 is 2.50 bits per heavy atom. The molecule has 0 saturated heterocycles. The third kappa shape index (κ3) is 6.09. The molecular weight excluding hydrogens is 324 g/mol. The zero-order valence-corrected chi connectivity index (χ0v) is 15.1. The molecule has 0 aromatic heterocycles. The molecule has 0 unspecified atom stereocenters. The first-order chi connectivity index (χ1) is 11.3. The number of nitrogens with one attached hydrogen (secondary N) is 1. The summed E-state index contributed by atoms with van der Waals surface area (Å²) in [6.07, 6.45) is 4.88. The van der Waals surface area contributed by atoms with Crippen LogP contribution < -0.4 is 5.32 Å². The minimum atomic E-state index is -0.988. The van der Waals surface area contributed by atoms with E-state index < -0.39 is 24.0 Å². The Labute approximate surface area is 147 Å². The Balaban J connectivity index is 2.49. The van der Waals surface area contributed by atoms with Gasteiger partial charge < -0.3 is 10.1 Å².